The van der Waals surface area contributed by atoms with Crippen molar-refractivity contribution < 1.29 is 13.9 Å². The SMILES string of the molecule is N#CC1=C(N)Oc2c(c(=O)oc3ccccc23)[C@@]12C(=O)Nc1ccc(Br)cc12. The highest BCUT2D eigenvalue weighted by molar-refractivity contribution is 9.10. The van der Waals surface area contributed by atoms with Gasteiger partial charge in [-0.05, 0) is 30.3 Å². The third kappa shape index (κ3) is 1.86. The number of benzene rings is 2. The van der Waals surface area contributed by atoms with E-state index in [-0.39, 0.29) is 22.8 Å². The van der Waals surface area contributed by atoms with Gasteiger partial charge in [0, 0.05) is 15.7 Å². The maximum absolute atomic E-state index is 13.3. The second kappa shape index (κ2) is 5.47. The monoisotopic (exact) mass is 435 g/mol. The van der Waals surface area contributed by atoms with E-state index in [0.29, 0.717) is 26.7 Å². The van der Waals surface area contributed by atoms with Crippen LogP contribution in [-0.4, -0.2) is 5.91 Å². The number of carbonyl (C=O) groups is 1. The molecule has 2 aliphatic rings. The van der Waals surface area contributed by atoms with Gasteiger partial charge in [0.15, 0.2) is 11.2 Å². The van der Waals surface area contributed by atoms with E-state index >= 15 is 0 Å². The maximum atomic E-state index is 13.3. The van der Waals surface area contributed by atoms with Crippen LogP contribution in [-0.2, 0) is 10.2 Å². The number of hydrogen-bond donors (Lipinski definition) is 2. The highest BCUT2D eigenvalue weighted by Crippen LogP contribution is 2.53. The molecular formula is C20H10BrN3O4. The van der Waals surface area contributed by atoms with Gasteiger partial charge in [0.1, 0.15) is 22.8 Å². The molecule has 1 spiro atoms. The minimum absolute atomic E-state index is 0.0636. The van der Waals surface area contributed by atoms with Gasteiger partial charge in [0.2, 0.25) is 11.8 Å². The number of hydrogen-bond acceptors (Lipinski definition) is 6. The molecule has 2 aliphatic heterocycles. The Kier molecular flexibility index (Phi) is 3.24. The number of rotatable bonds is 0. The molecule has 2 aromatic carbocycles. The summed E-state index contributed by atoms with van der Waals surface area (Å²) in [7, 11) is 0. The number of amides is 1. The lowest BCUT2D eigenvalue weighted by molar-refractivity contribution is -0.118. The van der Waals surface area contributed by atoms with Crippen molar-refractivity contribution in [1.29, 1.82) is 5.26 Å². The summed E-state index contributed by atoms with van der Waals surface area (Å²) in [5.41, 5.74) is 4.53. The summed E-state index contributed by atoms with van der Waals surface area (Å²) >= 11 is 3.39. The number of ether oxygens (including phenoxy) is 1. The fourth-order valence-electron chi connectivity index (χ4n) is 3.93. The molecule has 0 saturated carbocycles. The van der Waals surface area contributed by atoms with Gasteiger partial charge in [0.25, 0.3) is 0 Å². The van der Waals surface area contributed by atoms with Gasteiger partial charge >= 0.3 is 5.63 Å². The topological polar surface area (TPSA) is 118 Å². The third-order valence-electron chi connectivity index (χ3n) is 5.06. The Balaban J connectivity index is 2.03. The van der Waals surface area contributed by atoms with Crippen LogP contribution in [0.1, 0.15) is 11.1 Å². The van der Waals surface area contributed by atoms with Gasteiger partial charge in [-0.1, -0.05) is 28.1 Å². The molecule has 0 saturated heterocycles. The first-order valence-corrected chi connectivity index (χ1v) is 9.03. The second-order valence-electron chi connectivity index (χ2n) is 6.44. The number of nitriles is 1. The summed E-state index contributed by atoms with van der Waals surface area (Å²) in [4.78, 5) is 26.3. The summed E-state index contributed by atoms with van der Waals surface area (Å²) in [6.45, 7) is 0. The Labute approximate surface area is 166 Å². The van der Waals surface area contributed by atoms with Crippen LogP contribution in [0.15, 0.2) is 67.6 Å². The Morgan fingerprint density at radius 3 is 2.75 bits per heavy atom. The van der Waals surface area contributed by atoms with Crippen LogP contribution >= 0.6 is 15.9 Å². The summed E-state index contributed by atoms with van der Waals surface area (Å²) in [6, 6.07) is 13.9. The van der Waals surface area contributed by atoms with E-state index < -0.39 is 16.9 Å². The molecule has 1 atom stereocenters. The number of nitrogens with two attached hydrogens (primary N) is 1. The maximum Gasteiger partial charge on any atom is 0.345 e. The van der Waals surface area contributed by atoms with Crippen LogP contribution in [0.5, 0.6) is 5.75 Å². The highest BCUT2D eigenvalue weighted by atomic mass is 79.9. The van der Waals surface area contributed by atoms with Crippen molar-refractivity contribution in [3.8, 4) is 11.8 Å². The normalized spacial score (nSPS) is 19.8. The second-order valence-corrected chi connectivity index (χ2v) is 7.35. The molecule has 3 heterocycles. The Morgan fingerprint density at radius 1 is 1.18 bits per heavy atom. The molecule has 28 heavy (non-hydrogen) atoms. The van der Waals surface area contributed by atoms with Gasteiger partial charge in [0.05, 0.1) is 5.39 Å². The standard InChI is InChI=1S/C20H10BrN3O4/c21-9-5-6-13-11(7-9)20(19(26)24-13)12(8-22)17(23)28-16-10-3-1-2-4-14(10)27-18(25)15(16)20/h1-7H,23H2,(H,24,26)/t20-/m0/s1. The average molecular weight is 436 g/mol. The van der Waals surface area contributed by atoms with Crippen molar-refractivity contribution in [2.45, 2.75) is 5.41 Å². The van der Waals surface area contributed by atoms with E-state index in [0.717, 1.165) is 0 Å². The molecule has 0 bridgehead atoms. The molecule has 0 fully saturated rings. The largest absolute Gasteiger partial charge is 0.439 e. The van der Waals surface area contributed by atoms with E-state index in [1.165, 1.54) is 0 Å². The zero-order valence-corrected chi connectivity index (χ0v) is 15.7. The number of para-hydroxylation sites is 1. The van der Waals surface area contributed by atoms with E-state index in [4.69, 9.17) is 14.9 Å². The van der Waals surface area contributed by atoms with Crippen molar-refractivity contribution in [2.24, 2.45) is 5.73 Å². The summed E-state index contributed by atoms with van der Waals surface area (Å²) in [6.07, 6.45) is 0. The van der Waals surface area contributed by atoms with E-state index in [1.807, 2.05) is 6.07 Å². The van der Waals surface area contributed by atoms with E-state index in [9.17, 15) is 14.9 Å². The van der Waals surface area contributed by atoms with Crippen molar-refractivity contribution >= 4 is 38.5 Å². The van der Waals surface area contributed by atoms with Crippen LogP contribution in [0, 0.1) is 11.3 Å². The molecule has 5 rings (SSSR count). The molecule has 1 aromatic heterocycles. The van der Waals surface area contributed by atoms with Gasteiger partial charge in [-0.2, -0.15) is 5.26 Å². The summed E-state index contributed by atoms with van der Waals surface area (Å²) in [5.74, 6) is -0.674. The number of carbonyl (C=O) groups excluding carboxylic acids is 1. The minimum atomic E-state index is -1.75. The molecule has 8 heteroatoms. The smallest absolute Gasteiger partial charge is 0.345 e. The molecule has 3 N–H and O–H groups in total. The fourth-order valence-corrected chi connectivity index (χ4v) is 4.29. The number of fused-ring (bicyclic) bond motifs is 6. The third-order valence-corrected chi connectivity index (χ3v) is 5.55. The first-order chi connectivity index (χ1) is 13.5. The number of anilines is 1. The average Bonchev–Trinajstić information content (AvgIpc) is 2.94. The van der Waals surface area contributed by atoms with Gasteiger partial charge in [-0.15, -0.1) is 0 Å². The lowest BCUT2D eigenvalue weighted by atomic mass is 9.69. The number of nitrogens with one attached hydrogen (secondary N) is 1. The lowest BCUT2D eigenvalue weighted by Gasteiger charge is -2.32. The zero-order chi connectivity index (χ0) is 19.6. The first-order valence-electron chi connectivity index (χ1n) is 8.24. The minimum Gasteiger partial charge on any atom is -0.439 e. The predicted molar refractivity (Wildman–Crippen MR) is 103 cm³/mol. The molecule has 0 radical (unpaired) electrons. The summed E-state index contributed by atoms with van der Waals surface area (Å²) in [5, 5.41) is 13.1. The van der Waals surface area contributed by atoms with Crippen LogP contribution in [0.4, 0.5) is 5.69 Å². The summed E-state index contributed by atoms with van der Waals surface area (Å²) < 4.78 is 11.8. The van der Waals surface area contributed by atoms with Crippen molar-refractivity contribution in [3.63, 3.8) is 0 Å². The van der Waals surface area contributed by atoms with Crippen molar-refractivity contribution in [2.75, 3.05) is 5.32 Å². The zero-order valence-electron chi connectivity index (χ0n) is 14.1. The van der Waals surface area contributed by atoms with Crippen LogP contribution < -0.4 is 21.4 Å². The van der Waals surface area contributed by atoms with Crippen molar-refractivity contribution in [1.82, 2.24) is 0 Å². The molecule has 7 nitrogen and oxygen atoms in total. The van der Waals surface area contributed by atoms with Crippen LogP contribution in [0.3, 0.4) is 0 Å². The highest BCUT2D eigenvalue weighted by Gasteiger charge is 2.58. The van der Waals surface area contributed by atoms with Crippen molar-refractivity contribution in [3.05, 3.63) is 79.9 Å². The molecule has 3 aromatic rings. The van der Waals surface area contributed by atoms with Gasteiger partial charge < -0.3 is 20.2 Å². The number of nitrogens with zero attached hydrogens (tertiary/aromatic N) is 1. The molecular weight excluding hydrogens is 426 g/mol. The molecule has 136 valence electrons. The van der Waals surface area contributed by atoms with Crippen LogP contribution in [0.25, 0.3) is 11.0 Å². The lowest BCUT2D eigenvalue weighted by Crippen LogP contribution is -2.45. The predicted octanol–water partition coefficient (Wildman–Crippen LogP) is 2.88. The fraction of sp³-hybridized carbons (Fsp3) is 0.0500. The quantitative estimate of drug-likeness (QED) is 0.524. The van der Waals surface area contributed by atoms with Crippen LogP contribution in [0.2, 0.25) is 0 Å². The Bertz CT molecular complexity index is 1350. The van der Waals surface area contributed by atoms with Gasteiger partial charge in [-0.3, -0.25) is 4.79 Å². The number of halogens is 1. The molecule has 1 amide bonds. The Morgan fingerprint density at radius 2 is 1.96 bits per heavy atom. The first kappa shape index (κ1) is 16.6. The van der Waals surface area contributed by atoms with E-state index in [2.05, 4.69) is 21.2 Å². The molecule has 0 unspecified atom stereocenters. The van der Waals surface area contributed by atoms with E-state index in [1.54, 1.807) is 42.5 Å². The van der Waals surface area contributed by atoms with Gasteiger partial charge in [-0.25, -0.2) is 4.79 Å². The Hall–Kier alpha value is -3.57. The molecule has 0 aliphatic carbocycles.